The predicted molar refractivity (Wildman–Crippen MR) is 88.8 cm³/mol. The van der Waals surface area contributed by atoms with Gasteiger partial charge >= 0.3 is 11.9 Å². The number of benzene rings is 1. The molecule has 3 rings (SSSR count). The number of carbonyl (C=O) groups excluding carboxylic acids is 2. The standard InChI is InChI=1S/C18H20FNO6/c1-18(2)25-16(21)13(17(22)26-18)9-20-11-5-6-15(14(19)8-11)24-10-12-4-3-7-23-12/h5-6,8-9,12,20H,3-4,7,10H2,1-2H3. The summed E-state index contributed by atoms with van der Waals surface area (Å²) in [6.07, 6.45) is 3.00. The maximum Gasteiger partial charge on any atom is 0.350 e. The van der Waals surface area contributed by atoms with Gasteiger partial charge in [-0.05, 0) is 25.0 Å². The van der Waals surface area contributed by atoms with Crippen molar-refractivity contribution in [3.63, 3.8) is 0 Å². The smallest absolute Gasteiger partial charge is 0.350 e. The molecule has 1 aromatic carbocycles. The van der Waals surface area contributed by atoms with Crippen LogP contribution < -0.4 is 10.1 Å². The summed E-state index contributed by atoms with van der Waals surface area (Å²) in [7, 11) is 0. The summed E-state index contributed by atoms with van der Waals surface area (Å²) in [5.74, 6) is -3.38. The van der Waals surface area contributed by atoms with E-state index >= 15 is 0 Å². The molecule has 1 atom stereocenters. The molecule has 0 aromatic heterocycles. The fourth-order valence-electron chi connectivity index (χ4n) is 2.60. The minimum atomic E-state index is -1.31. The summed E-state index contributed by atoms with van der Waals surface area (Å²) in [6.45, 7) is 3.91. The van der Waals surface area contributed by atoms with Crippen molar-refractivity contribution in [2.75, 3.05) is 18.5 Å². The number of halogens is 1. The highest BCUT2D eigenvalue weighted by Crippen LogP contribution is 2.25. The fourth-order valence-corrected chi connectivity index (χ4v) is 2.60. The summed E-state index contributed by atoms with van der Waals surface area (Å²) in [6, 6.07) is 4.23. The van der Waals surface area contributed by atoms with Crippen LogP contribution in [-0.2, 0) is 23.8 Å². The van der Waals surface area contributed by atoms with Crippen molar-refractivity contribution in [1.82, 2.24) is 0 Å². The Kier molecular flexibility index (Phi) is 5.13. The molecule has 0 saturated carbocycles. The van der Waals surface area contributed by atoms with Crippen molar-refractivity contribution in [2.24, 2.45) is 0 Å². The summed E-state index contributed by atoms with van der Waals surface area (Å²) < 4.78 is 34.9. The van der Waals surface area contributed by atoms with Gasteiger partial charge in [-0.1, -0.05) is 0 Å². The highest BCUT2D eigenvalue weighted by Gasteiger charge is 2.38. The number of carbonyl (C=O) groups is 2. The number of anilines is 1. The molecule has 2 saturated heterocycles. The molecule has 26 heavy (non-hydrogen) atoms. The minimum absolute atomic E-state index is 0.00971. The molecule has 0 amide bonds. The zero-order valence-corrected chi connectivity index (χ0v) is 14.5. The molecular formula is C18H20FNO6. The maximum atomic E-state index is 14.1. The van der Waals surface area contributed by atoms with E-state index in [1.807, 2.05) is 0 Å². The number of rotatable bonds is 5. The van der Waals surface area contributed by atoms with Crippen molar-refractivity contribution in [3.8, 4) is 5.75 Å². The van der Waals surface area contributed by atoms with E-state index in [9.17, 15) is 14.0 Å². The molecule has 2 fully saturated rings. The first kappa shape index (κ1) is 18.2. The van der Waals surface area contributed by atoms with E-state index < -0.39 is 23.5 Å². The third-order valence-electron chi connectivity index (χ3n) is 3.88. The Morgan fingerprint density at radius 2 is 2.04 bits per heavy atom. The zero-order chi connectivity index (χ0) is 18.7. The van der Waals surface area contributed by atoms with E-state index in [4.69, 9.17) is 18.9 Å². The molecule has 7 nitrogen and oxygen atoms in total. The van der Waals surface area contributed by atoms with Gasteiger partial charge in [-0.15, -0.1) is 0 Å². The van der Waals surface area contributed by atoms with Gasteiger partial charge in [0, 0.05) is 38.4 Å². The summed E-state index contributed by atoms with van der Waals surface area (Å²) in [5.41, 5.74) is 0.0355. The predicted octanol–water partition coefficient (Wildman–Crippen LogP) is 2.52. The van der Waals surface area contributed by atoms with Gasteiger partial charge < -0.3 is 24.3 Å². The zero-order valence-electron chi connectivity index (χ0n) is 14.5. The quantitative estimate of drug-likeness (QED) is 0.488. The molecule has 0 bridgehead atoms. The fraction of sp³-hybridized carbons (Fsp3) is 0.444. The molecule has 0 aliphatic carbocycles. The third-order valence-corrected chi connectivity index (χ3v) is 3.88. The van der Waals surface area contributed by atoms with Gasteiger partial charge in [0.25, 0.3) is 5.79 Å². The normalized spacial score (nSPS) is 21.8. The highest BCUT2D eigenvalue weighted by molar-refractivity contribution is 6.15. The number of nitrogens with one attached hydrogen (secondary N) is 1. The van der Waals surface area contributed by atoms with E-state index in [2.05, 4.69) is 5.32 Å². The van der Waals surface area contributed by atoms with Gasteiger partial charge in [0.1, 0.15) is 6.61 Å². The number of ether oxygens (including phenoxy) is 4. The lowest BCUT2D eigenvalue weighted by Crippen LogP contribution is -2.42. The molecule has 2 aliphatic rings. The molecule has 0 spiro atoms. The highest BCUT2D eigenvalue weighted by atomic mass is 19.1. The van der Waals surface area contributed by atoms with Crippen molar-refractivity contribution < 1.29 is 32.9 Å². The van der Waals surface area contributed by atoms with E-state index in [0.717, 1.165) is 19.0 Å². The molecular weight excluding hydrogens is 345 g/mol. The Bertz CT molecular complexity index is 717. The minimum Gasteiger partial charge on any atom is -0.488 e. The first-order valence-corrected chi connectivity index (χ1v) is 8.31. The Morgan fingerprint density at radius 3 is 2.65 bits per heavy atom. The Balaban J connectivity index is 1.62. The van der Waals surface area contributed by atoms with E-state index in [1.54, 1.807) is 6.07 Å². The van der Waals surface area contributed by atoms with Crippen LogP contribution in [0.5, 0.6) is 5.75 Å². The lowest BCUT2D eigenvalue weighted by Gasteiger charge is -2.29. The Labute approximate surface area is 150 Å². The lowest BCUT2D eigenvalue weighted by molar-refractivity contribution is -0.222. The molecule has 2 aliphatic heterocycles. The van der Waals surface area contributed by atoms with Crippen LogP contribution in [0.15, 0.2) is 30.0 Å². The molecule has 140 valence electrons. The van der Waals surface area contributed by atoms with Crippen LogP contribution in [0.25, 0.3) is 0 Å². The van der Waals surface area contributed by atoms with Crippen LogP contribution in [0.4, 0.5) is 10.1 Å². The van der Waals surface area contributed by atoms with Gasteiger partial charge in [-0.2, -0.15) is 0 Å². The van der Waals surface area contributed by atoms with Crippen LogP contribution in [0, 0.1) is 5.82 Å². The average molecular weight is 365 g/mol. The maximum absolute atomic E-state index is 14.1. The second kappa shape index (κ2) is 7.33. The molecule has 8 heteroatoms. The molecule has 1 aromatic rings. The second-order valence-corrected chi connectivity index (χ2v) is 6.47. The third kappa shape index (κ3) is 4.32. The van der Waals surface area contributed by atoms with Crippen molar-refractivity contribution in [1.29, 1.82) is 0 Å². The molecule has 1 N–H and O–H groups in total. The molecule has 0 radical (unpaired) electrons. The summed E-state index contributed by atoms with van der Waals surface area (Å²) >= 11 is 0. The van der Waals surface area contributed by atoms with E-state index in [1.165, 1.54) is 26.0 Å². The van der Waals surface area contributed by atoms with Crippen LogP contribution in [0.2, 0.25) is 0 Å². The summed E-state index contributed by atoms with van der Waals surface area (Å²) in [4.78, 5) is 23.7. The second-order valence-electron chi connectivity index (χ2n) is 6.47. The van der Waals surface area contributed by atoms with Crippen LogP contribution in [-0.4, -0.2) is 37.0 Å². The van der Waals surface area contributed by atoms with Gasteiger partial charge in [0.15, 0.2) is 17.1 Å². The summed E-state index contributed by atoms with van der Waals surface area (Å²) in [5, 5.41) is 2.68. The van der Waals surface area contributed by atoms with Gasteiger partial charge in [-0.25, -0.2) is 14.0 Å². The van der Waals surface area contributed by atoms with Gasteiger partial charge in [-0.3, -0.25) is 0 Å². The van der Waals surface area contributed by atoms with E-state index in [-0.39, 0.29) is 17.4 Å². The number of hydrogen-bond donors (Lipinski definition) is 1. The SMILES string of the molecule is CC1(C)OC(=O)C(=CNc2ccc(OCC3CCCO3)c(F)c2)C(=O)O1. The number of esters is 2. The lowest BCUT2D eigenvalue weighted by atomic mass is 10.2. The first-order valence-electron chi connectivity index (χ1n) is 8.31. The first-order chi connectivity index (χ1) is 12.3. The Hall–Kier alpha value is -2.61. The number of cyclic esters (lactones) is 2. The van der Waals surface area contributed by atoms with Crippen LogP contribution >= 0.6 is 0 Å². The van der Waals surface area contributed by atoms with Crippen molar-refractivity contribution >= 4 is 17.6 Å². The monoisotopic (exact) mass is 365 g/mol. The van der Waals surface area contributed by atoms with E-state index in [0.29, 0.717) is 18.9 Å². The molecule has 2 heterocycles. The van der Waals surface area contributed by atoms with Gasteiger partial charge in [0.2, 0.25) is 0 Å². The van der Waals surface area contributed by atoms with Crippen molar-refractivity contribution in [3.05, 3.63) is 35.8 Å². The number of hydrogen-bond acceptors (Lipinski definition) is 7. The van der Waals surface area contributed by atoms with Crippen molar-refractivity contribution in [2.45, 2.75) is 38.6 Å². The topological polar surface area (TPSA) is 83.1 Å². The van der Waals surface area contributed by atoms with Crippen LogP contribution in [0.1, 0.15) is 26.7 Å². The molecule has 1 unspecified atom stereocenters. The largest absolute Gasteiger partial charge is 0.488 e. The van der Waals surface area contributed by atoms with Gasteiger partial charge in [0.05, 0.1) is 6.10 Å². The van der Waals surface area contributed by atoms with Crippen LogP contribution in [0.3, 0.4) is 0 Å². The Morgan fingerprint density at radius 1 is 1.31 bits per heavy atom. The average Bonchev–Trinajstić information content (AvgIpc) is 3.05.